The summed E-state index contributed by atoms with van der Waals surface area (Å²) in [6.07, 6.45) is -1.06. The van der Waals surface area contributed by atoms with E-state index in [1.165, 1.54) is 6.20 Å². The molecule has 1 aromatic heterocycles. The molecule has 1 aromatic rings. The standard InChI is InChI=1S/C10H11F3N2/c11-10(12,13)9-6-15-5-8(9)7-2-1-3-14-4-7/h1-4,8-9,15H,5-6H2. The van der Waals surface area contributed by atoms with Gasteiger partial charge in [-0.25, -0.2) is 0 Å². The first-order valence-corrected chi connectivity index (χ1v) is 4.76. The monoisotopic (exact) mass is 216 g/mol. The predicted octanol–water partition coefficient (Wildman–Crippen LogP) is 1.95. The fourth-order valence-corrected chi connectivity index (χ4v) is 1.97. The average molecular weight is 216 g/mol. The molecular formula is C10H11F3N2. The quantitative estimate of drug-likeness (QED) is 0.776. The van der Waals surface area contributed by atoms with Crippen molar-refractivity contribution >= 4 is 0 Å². The molecule has 0 aromatic carbocycles. The van der Waals surface area contributed by atoms with E-state index in [4.69, 9.17) is 0 Å². The SMILES string of the molecule is FC(F)(F)C1CNCC1c1cccnc1. The van der Waals surface area contributed by atoms with Gasteiger partial charge in [-0.05, 0) is 11.6 Å². The molecule has 1 N–H and O–H groups in total. The molecule has 0 saturated carbocycles. The van der Waals surface area contributed by atoms with Crippen LogP contribution < -0.4 is 5.32 Å². The van der Waals surface area contributed by atoms with Gasteiger partial charge in [-0.2, -0.15) is 13.2 Å². The smallest absolute Gasteiger partial charge is 0.315 e. The molecule has 0 spiro atoms. The van der Waals surface area contributed by atoms with Crippen LogP contribution in [0.2, 0.25) is 0 Å². The Morgan fingerprint density at radius 2 is 2.13 bits per heavy atom. The van der Waals surface area contributed by atoms with Crippen molar-refractivity contribution in [3.63, 3.8) is 0 Å². The van der Waals surface area contributed by atoms with Crippen molar-refractivity contribution in [1.29, 1.82) is 0 Å². The lowest BCUT2D eigenvalue weighted by atomic mass is 9.89. The Hall–Kier alpha value is -1.10. The van der Waals surface area contributed by atoms with E-state index >= 15 is 0 Å². The topological polar surface area (TPSA) is 24.9 Å². The molecule has 1 aliphatic rings. The summed E-state index contributed by atoms with van der Waals surface area (Å²) < 4.78 is 37.9. The third-order valence-corrected chi connectivity index (χ3v) is 2.75. The lowest BCUT2D eigenvalue weighted by molar-refractivity contribution is -0.172. The Labute approximate surface area is 85.5 Å². The summed E-state index contributed by atoms with van der Waals surface area (Å²) in [6.45, 7) is 0.374. The van der Waals surface area contributed by atoms with Gasteiger partial charge in [0, 0.05) is 31.4 Å². The van der Waals surface area contributed by atoms with Crippen molar-refractivity contribution in [3.05, 3.63) is 30.1 Å². The Kier molecular flexibility index (Phi) is 2.65. The van der Waals surface area contributed by atoms with Crippen molar-refractivity contribution < 1.29 is 13.2 Å². The van der Waals surface area contributed by atoms with Crippen LogP contribution in [0.25, 0.3) is 0 Å². The molecule has 1 aliphatic heterocycles. The first-order chi connectivity index (χ1) is 7.09. The molecular weight excluding hydrogens is 205 g/mol. The van der Waals surface area contributed by atoms with E-state index in [1.807, 2.05) is 0 Å². The Morgan fingerprint density at radius 3 is 2.73 bits per heavy atom. The maximum atomic E-state index is 12.6. The van der Waals surface area contributed by atoms with Crippen LogP contribution in [-0.2, 0) is 0 Å². The molecule has 1 saturated heterocycles. The van der Waals surface area contributed by atoms with Crippen LogP contribution in [0.3, 0.4) is 0 Å². The summed E-state index contributed by atoms with van der Waals surface area (Å²) >= 11 is 0. The summed E-state index contributed by atoms with van der Waals surface area (Å²) in [5, 5.41) is 2.78. The minimum absolute atomic E-state index is 0.00304. The van der Waals surface area contributed by atoms with Crippen LogP contribution in [0.5, 0.6) is 0 Å². The molecule has 2 rings (SSSR count). The van der Waals surface area contributed by atoms with E-state index in [1.54, 1.807) is 18.3 Å². The van der Waals surface area contributed by atoms with Crippen LogP contribution in [0.4, 0.5) is 13.2 Å². The normalized spacial score (nSPS) is 26.9. The summed E-state index contributed by atoms with van der Waals surface area (Å²) in [5.41, 5.74) is 0.657. The van der Waals surface area contributed by atoms with Crippen LogP contribution in [0.15, 0.2) is 24.5 Å². The highest BCUT2D eigenvalue weighted by Gasteiger charge is 2.47. The largest absolute Gasteiger partial charge is 0.393 e. The molecule has 82 valence electrons. The summed E-state index contributed by atoms with van der Waals surface area (Å²) in [4.78, 5) is 3.85. The lowest BCUT2D eigenvalue weighted by Gasteiger charge is -2.21. The Bertz CT molecular complexity index is 323. The maximum Gasteiger partial charge on any atom is 0.393 e. The van der Waals surface area contributed by atoms with Crippen LogP contribution >= 0.6 is 0 Å². The number of nitrogens with one attached hydrogen (secondary N) is 1. The van der Waals surface area contributed by atoms with E-state index in [9.17, 15) is 13.2 Å². The molecule has 2 heterocycles. The molecule has 15 heavy (non-hydrogen) atoms. The first-order valence-electron chi connectivity index (χ1n) is 4.76. The number of hydrogen-bond acceptors (Lipinski definition) is 2. The molecule has 0 bridgehead atoms. The summed E-state index contributed by atoms with van der Waals surface area (Å²) in [6, 6.07) is 3.37. The van der Waals surface area contributed by atoms with Gasteiger partial charge < -0.3 is 5.32 Å². The van der Waals surface area contributed by atoms with Gasteiger partial charge in [0.2, 0.25) is 0 Å². The molecule has 2 nitrogen and oxygen atoms in total. The van der Waals surface area contributed by atoms with Crippen molar-refractivity contribution in [3.8, 4) is 0 Å². The highest BCUT2D eigenvalue weighted by molar-refractivity contribution is 5.19. The average Bonchev–Trinajstić information content (AvgIpc) is 2.67. The number of hydrogen-bond donors (Lipinski definition) is 1. The minimum Gasteiger partial charge on any atom is -0.315 e. The van der Waals surface area contributed by atoms with Gasteiger partial charge in [0.1, 0.15) is 0 Å². The van der Waals surface area contributed by atoms with Crippen molar-refractivity contribution in [1.82, 2.24) is 10.3 Å². The summed E-state index contributed by atoms with van der Waals surface area (Å²) in [5.74, 6) is -1.79. The van der Waals surface area contributed by atoms with Crippen LogP contribution in [0.1, 0.15) is 11.5 Å². The third-order valence-electron chi connectivity index (χ3n) is 2.75. The minimum atomic E-state index is -4.13. The number of rotatable bonds is 1. The molecule has 0 aliphatic carbocycles. The Morgan fingerprint density at radius 1 is 1.33 bits per heavy atom. The van der Waals surface area contributed by atoms with Crippen molar-refractivity contribution in [2.45, 2.75) is 12.1 Å². The number of halogens is 3. The number of aromatic nitrogens is 1. The second-order valence-corrected chi connectivity index (χ2v) is 3.70. The number of nitrogens with zero attached hydrogens (tertiary/aromatic N) is 1. The fourth-order valence-electron chi connectivity index (χ4n) is 1.97. The van der Waals surface area contributed by atoms with E-state index in [-0.39, 0.29) is 6.54 Å². The molecule has 0 radical (unpaired) electrons. The number of pyridine rings is 1. The number of alkyl halides is 3. The zero-order valence-electron chi connectivity index (χ0n) is 7.96. The van der Waals surface area contributed by atoms with E-state index in [0.29, 0.717) is 12.1 Å². The van der Waals surface area contributed by atoms with Gasteiger partial charge in [0.25, 0.3) is 0 Å². The maximum absolute atomic E-state index is 12.6. The van der Waals surface area contributed by atoms with Gasteiger partial charge in [0.15, 0.2) is 0 Å². The molecule has 5 heteroatoms. The van der Waals surface area contributed by atoms with Crippen LogP contribution in [0, 0.1) is 5.92 Å². The van der Waals surface area contributed by atoms with E-state index in [0.717, 1.165) is 0 Å². The lowest BCUT2D eigenvalue weighted by Crippen LogP contribution is -2.28. The zero-order valence-corrected chi connectivity index (χ0v) is 7.96. The molecule has 2 unspecified atom stereocenters. The van der Waals surface area contributed by atoms with Gasteiger partial charge >= 0.3 is 6.18 Å². The van der Waals surface area contributed by atoms with Gasteiger partial charge in [-0.1, -0.05) is 6.07 Å². The molecule has 2 atom stereocenters. The molecule has 1 fully saturated rings. The van der Waals surface area contributed by atoms with Gasteiger partial charge in [0.05, 0.1) is 5.92 Å². The van der Waals surface area contributed by atoms with Crippen LogP contribution in [-0.4, -0.2) is 24.2 Å². The Balaban J connectivity index is 2.23. The molecule has 0 amide bonds. The third kappa shape index (κ3) is 2.12. The predicted molar refractivity (Wildman–Crippen MR) is 49.4 cm³/mol. The first kappa shape index (κ1) is 10.4. The van der Waals surface area contributed by atoms with Crippen molar-refractivity contribution in [2.24, 2.45) is 5.92 Å². The zero-order chi connectivity index (χ0) is 10.9. The van der Waals surface area contributed by atoms with E-state index in [2.05, 4.69) is 10.3 Å². The summed E-state index contributed by atoms with van der Waals surface area (Å²) in [7, 11) is 0. The fraction of sp³-hybridized carbons (Fsp3) is 0.500. The van der Waals surface area contributed by atoms with Gasteiger partial charge in [-0.15, -0.1) is 0 Å². The van der Waals surface area contributed by atoms with Crippen molar-refractivity contribution in [2.75, 3.05) is 13.1 Å². The second kappa shape index (κ2) is 3.81. The van der Waals surface area contributed by atoms with E-state index < -0.39 is 18.0 Å². The highest BCUT2D eigenvalue weighted by atomic mass is 19.4. The second-order valence-electron chi connectivity index (χ2n) is 3.70. The highest BCUT2D eigenvalue weighted by Crippen LogP contribution is 2.39. The van der Waals surface area contributed by atoms with Gasteiger partial charge in [-0.3, -0.25) is 4.98 Å².